The maximum absolute atomic E-state index is 13.6. The van der Waals surface area contributed by atoms with Crippen LogP contribution in [0.1, 0.15) is 15.9 Å². The highest BCUT2D eigenvalue weighted by molar-refractivity contribution is 5.97. The fourth-order valence-electron chi connectivity index (χ4n) is 2.02. The lowest BCUT2D eigenvalue weighted by atomic mass is 10.0. The van der Waals surface area contributed by atoms with Gasteiger partial charge in [-0.1, -0.05) is 18.2 Å². The van der Waals surface area contributed by atoms with Crippen molar-refractivity contribution in [1.82, 2.24) is 5.32 Å². The summed E-state index contributed by atoms with van der Waals surface area (Å²) in [5, 5.41) is 2.23. The number of halogens is 3. The minimum Gasteiger partial charge on any atom is -0.368 e. The molecule has 0 saturated heterocycles. The molecule has 0 radical (unpaired) electrons. The van der Waals surface area contributed by atoms with Gasteiger partial charge < -0.3 is 11.1 Å². The topological polar surface area (TPSA) is 72.2 Å². The van der Waals surface area contributed by atoms with Gasteiger partial charge in [0.05, 0.1) is 5.56 Å². The first-order valence-corrected chi connectivity index (χ1v) is 6.67. The molecule has 0 fully saturated rings. The van der Waals surface area contributed by atoms with Crippen molar-refractivity contribution in [2.24, 2.45) is 5.73 Å². The Balaban J connectivity index is 2.18. The summed E-state index contributed by atoms with van der Waals surface area (Å²) in [6, 6.07) is 6.86. The normalized spacial score (nSPS) is 11.8. The molecule has 2 aromatic carbocycles. The fourth-order valence-corrected chi connectivity index (χ4v) is 2.02. The first-order valence-electron chi connectivity index (χ1n) is 6.67. The summed E-state index contributed by atoms with van der Waals surface area (Å²) in [6.07, 6.45) is -0.184. The summed E-state index contributed by atoms with van der Waals surface area (Å²) in [5.74, 6) is -4.30. The molecule has 2 amide bonds. The van der Waals surface area contributed by atoms with Crippen LogP contribution in [-0.2, 0) is 11.2 Å². The van der Waals surface area contributed by atoms with Crippen molar-refractivity contribution >= 4 is 11.8 Å². The van der Waals surface area contributed by atoms with E-state index in [0.29, 0.717) is 6.07 Å². The van der Waals surface area contributed by atoms with Crippen LogP contribution in [0, 0.1) is 17.5 Å². The maximum atomic E-state index is 13.6. The molecule has 0 heterocycles. The molecular formula is C16H13F3N2O2. The third kappa shape index (κ3) is 4.09. The molecule has 1 atom stereocenters. The van der Waals surface area contributed by atoms with Gasteiger partial charge in [-0.2, -0.15) is 0 Å². The average molecular weight is 322 g/mol. The summed E-state index contributed by atoms with van der Waals surface area (Å²) in [4.78, 5) is 23.4. The Labute approximate surface area is 130 Å². The molecule has 2 aromatic rings. The quantitative estimate of drug-likeness (QED) is 0.883. The Hall–Kier alpha value is -2.83. The van der Waals surface area contributed by atoms with Crippen molar-refractivity contribution < 1.29 is 22.8 Å². The largest absolute Gasteiger partial charge is 0.368 e. The van der Waals surface area contributed by atoms with Crippen molar-refractivity contribution in [2.75, 3.05) is 0 Å². The highest BCUT2D eigenvalue weighted by atomic mass is 19.1. The van der Waals surface area contributed by atoms with Gasteiger partial charge in [-0.3, -0.25) is 9.59 Å². The average Bonchev–Trinajstić information content (AvgIpc) is 2.48. The molecule has 7 heteroatoms. The second-order valence-electron chi connectivity index (χ2n) is 4.85. The number of nitrogens with two attached hydrogens (primary N) is 1. The third-order valence-corrected chi connectivity index (χ3v) is 3.21. The number of rotatable bonds is 5. The molecule has 0 saturated carbocycles. The molecule has 120 valence electrons. The minimum absolute atomic E-state index is 0.177. The number of carbonyl (C=O) groups excluding carboxylic acids is 2. The Kier molecular flexibility index (Phi) is 5.00. The van der Waals surface area contributed by atoms with E-state index < -0.39 is 40.9 Å². The van der Waals surface area contributed by atoms with Crippen molar-refractivity contribution in [3.8, 4) is 0 Å². The van der Waals surface area contributed by atoms with Gasteiger partial charge in [-0.05, 0) is 23.8 Å². The van der Waals surface area contributed by atoms with E-state index in [1.54, 1.807) is 6.07 Å². The lowest BCUT2D eigenvalue weighted by Gasteiger charge is -2.16. The van der Waals surface area contributed by atoms with Gasteiger partial charge in [0, 0.05) is 12.5 Å². The lowest BCUT2D eigenvalue weighted by molar-refractivity contribution is -0.119. The van der Waals surface area contributed by atoms with E-state index in [9.17, 15) is 22.8 Å². The summed E-state index contributed by atoms with van der Waals surface area (Å²) in [5.41, 5.74) is 4.93. The minimum atomic E-state index is -1.23. The molecule has 4 nitrogen and oxygen atoms in total. The van der Waals surface area contributed by atoms with Crippen LogP contribution in [0.5, 0.6) is 0 Å². The fraction of sp³-hybridized carbons (Fsp3) is 0.125. The molecule has 0 aliphatic heterocycles. The Morgan fingerprint density at radius 1 is 1.04 bits per heavy atom. The zero-order valence-corrected chi connectivity index (χ0v) is 11.9. The maximum Gasteiger partial charge on any atom is 0.254 e. The number of nitrogens with one attached hydrogen (secondary N) is 1. The lowest BCUT2D eigenvalue weighted by Crippen LogP contribution is -2.46. The van der Waals surface area contributed by atoms with Crippen LogP contribution in [-0.4, -0.2) is 17.9 Å². The van der Waals surface area contributed by atoms with Gasteiger partial charge in [-0.25, -0.2) is 13.2 Å². The van der Waals surface area contributed by atoms with E-state index in [2.05, 4.69) is 5.32 Å². The third-order valence-electron chi connectivity index (χ3n) is 3.21. The number of hydrogen-bond donors (Lipinski definition) is 2. The van der Waals surface area contributed by atoms with E-state index in [-0.39, 0.29) is 12.0 Å². The first kappa shape index (κ1) is 16.5. The molecule has 0 aromatic heterocycles. The van der Waals surface area contributed by atoms with Gasteiger partial charge in [0.1, 0.15) is 23.5 Å². The molecule has 3 N–H and O–H groups in total. The van der Waals surface area contributed by atoms with Gasteiger partial charge in [0.25, 0.3) is 5.91 Å². The van der Waals surface area contributed by atoms with Gasteiger partial charge in [0.2, 0.25) is 5.91 Å². The SMILES string of the molecule is NC(=O)[C@@H](Cc1ccccc1F)NC(=O)c1ccc(F)cc1F. The molecular weight excluding hydrogens is 309 g/mol. The van der Waals surface area contributed by atoms with E-state index >= 15 is 0 Å². The predicted octanol–water partition coefficient (Wildman–Crippen LogP) is 1.93. The zero-order valence-electron chi connectivity index (χ0n) is 11.9. The highest BCUT2D eigenvalue weighted by Gasteiger charge is 2.22. The van der Waals surface area contributed by atoms with Crippen LogP contribution in [0.4, 0.5) is 13.2 Å². The summed E-state index contributed by atoms with van der Waals surface area (Å²) in [6.45, 7) is 0. The van der Waals surface area contributed by atoms with Crippen molar-refractivity contribution in [3.63, 3.8) is 0 Å². The molecule has 2 rings (SSSR count). The second-order valence-corrected chi connectivity index (χ2v) is 4.85. The standard InChI is InChI=1S/C16H13F3N2O2/c17-10-5-6-11(13(19)8-10)16(23)21-14(15(20)22)7-9-3-1-2-4-12(9)18/h1-6,8,14H,7H2,(H2,20,22)(H,21,23)/t14-/m1/s1. The molecule has 0 spiro atoms. The number of primary amides is 1. The molecule has 23 heavy (non-hydrogen) atoms. The van der Waals surface area contributed by atoms with E-state index in [4.69, 9.17) is 5.73 Å². The van der Waals surface area contributed by atoms with Crippen LogP contribution in [0.15, 0.2) is 42.5 Å². The summed E-state index contributed by atoms with van der Waals surface area (Å²) in [7, 11) is 0. The number of carbonyl (C=O) groups is 2. The Morgan fingerprint density at radius 2 is 1.74 bits per heavy atom. The zero-order chi connectivity index (χ0) is 17.0. The van der Waals surface area contributed by atoms with Crippen LogP contribution >= 0.6 is 0 Å². The highest BCUT2D eigenvalue weighted by Crippen LogP contribution is 2.12. The Bertz CT molecular complexity index is 750. The summed E-state index contributed by atoms with van der Waals surface area (Å²) >= 11 is 0. The van der Waals surface area contributed by atoms with Crippen molar-refractivity contribution in [3.05, 3.63) is 71.0 Å². The smallest absolute Gasteiger partial charge is 0.254 e. The molecule has 0 bridgehead atoms. The van der Waals surface area contributed by atoms with Gasteiger partial charge in [-0.15, -0.1) is 0 Å². The predicted molar refractivity (Wildman–Crippen MR) is 76.9 cm³/mol. The van der Waals surface area contributed by atoms with Crippen LogP contribution in [0.3, 0.4) is 0 Å². The van der Waals surface area contributed by atoms with E-state index in [0.717, 1.165) is 12.1 Å². The monoisotopic (exact) mass is 322 g/mol. The van der Waals surface area contributed by atoms with E-state index in [1.807, 2.05) is 0 Å². The number of hydrogen-bond acceptors (Lipinski definition) is 2. The summed E-state index contributed by atoms with van der Waals surface area (Å²) < 4.78 is 40.0. The van der Waals surface area contributed by atoms with Crippen LogP contribution in [0.2, 0.25) is 0 Å². The number of amides is 2. The molecule has 0 aliphatic rings. The number of benzene rings is 2. The molecule has 0 aliphatic carbocycles. The van der Waals surface area contributed by atoms with Crippen LogP contribution in [0.25, 0.3) is 0 Å². The van der Waals surface area contributed by atoms with Crippen molar-refractivity contribution in [2.45, 2.75) is 12.5 Å². The first-order chi connectivity index (χ1) is 10.9. The molecule has 0 unspecified atom stereocenters. The van der Waals surface area contributed by atoms with E-state index in [1.165, 1.54) is 18.2 Å². The Morgan fingerprint density at radius 3 is 2.35 bits per heavy atom. The second kappa shape index (κ2) is 6.95. The van der Waals surface area contributed by atoms with Gasteiger partial charge >= 0.3 is 0 Å². The van der Waals surface area contributed by atoms with Crippen LogP contribution < -0.4 is 11.1 Å². The van der Waals surface area contributed by atoms with Crippen molar-refractivity contribution in [1.29, 1.82) is 0 Å². The van der Waals surface area contributed by atoms with Gasteiger partial charge in [0.15, 0.2) is 0 Å².